The molecule has 0 heterocycles. The zero-order valence-corrected chi connectivity index (χ0v) is 14.6. The predicted octanol–water partition coefficient (Wildman–Crippen LogP) is 4.50. The van der Waals surface area contributed by atoms with Crippen LogP contribution in [0, 0.1) is 5.92 Å². The third-order valence-electron chi connectivity index (χ3n) is 2.92. The summed E-state index contributed by atoms with van der Waals surface area (Å²) in [7, 11) is 0. The van der Waals surface area contributed by atoms with E-state index < -0.39 is 11.9 Å². The van der Waals surface area contributed by atoms with Crippen molar-refractivity contribution in [2.45, 2.75) is 33.3 Å². The Morgan fingerprint density at radius 1 is 1.20 bits per heavy atom. The molecule has 6 heteroatoms. The number of carbonyl (C=O) groups excluding carboxylic acids is 1. The van der Waals surface area contributed by atoms with Crippen LogP contribution in [0.15, 0.2) is 21.1 Å². The van der Waals surface area contributed by atoms with Gasteiger partial charge in [0.1, 0.15) is 6.10 Å². The Morgan fingerprint density at radius 2 is 1.70 bits per heavy atom. The van der Waals surface area contributed by atoms with Crippen LogP contribution in [0.5, 0.6) is 0 Å². The van der Waals surface area contributed by atoms with Gasteiger partial charge in [-0.2, -0.15) is 0 Å². The Bertz CT molecular complexity index is 526. The summed E-state index contributed by atoms with van der Waals surface area (Å²) in [6.45, 7) is 5.83. The molecule has 0 amide bonds. The minimum Gasteiger partial charge on any atom is -0.478 e. The van der Waals surface area contributed by atoms with Crippen molar-refractivity contribution in [1.82, 2.24) is 0 Å². The maximum absolute atomic E-state index is 12.2. The van der Waals surface area contributed by atoms with E-state index in [0.717, 1.165) is 0 Å². The van der Waals surface area contributed by atoms with Crippen LogP contribution in [0.1, 0.15) is 47.9 Å². The summed E-state index contributed by atoms with van der Waals surface area (Å²) in [5, 5.41) is 9.19. The quantitative estimate of drug-likeness (QED) is 0.729. The average Bonchev–Trinajstić information content (AvgIpc) is 2.37. The lowest BCUT2D eigenvalue weighted by molar-refractivity contribution is 0.0169. The van der Waals surface area contributed by atoms with Crippen LogP contribution in [0.2, 0.25) is 0 Å². The SMILES string of the molecule is CCC(OC(=O)c1cc(Br)c(Br)cc1C(=O)O)C(C)C. The van der Waals surface area contributed by atoms with E-state index in [1.807, 2.05) is 20.8 Å². The van der Waals surface area contributed by atoms with Crippen LogP contribution in [0.3, 0.4) is 0 Å². The first-order valence-corrected chi connectivity index (χ1v) is 7.79. The van der Waals surface area contributed by atoms with Crippen molar-refractivity contribution < 1.29 is 19.4 Å². The van der Waals surface area contributed by atoms with Crippen molar-refractivity contribution in [3.63, 3.8) is 0 Å². The molecule has 0 saturated heterocycles. The maximum Gasteiger partial charge on any atom is 0.339 e. The molecule has 1 aromatic carbocycles. The molecule has 0 aliphatic rings. The number of benzene rings is 1. The molecule has 0 bridgehead atoms. The van der Waals surface area contributed by atoms with Gasteiger partial charge >= 0.3 is 11.9 Å². The maximum atomic E-state index is 12.2. The Balaban J connectivity index is 3.15. The molecule has 1 rings (SSSR count). The van der Waals surface area contributed by atoms with Gasteiger partial charge in [-0.3, -0.25) is 0 Å². The van der Waals surface area contributed by atoms with E-state index in [4.69, 9.17) is 4.74 Å². The first-order valence-electron chi connectivity index (χ1n) is 6.21. The van der Waals surface area contributed by atoms with Crippen LogP contribution in [0.4, 0.5) is 0 Å². The highest BCUT2D eigenvalue weighted by Gasteiger charge is 2.23. The van der Waals surface area contributed by atoms with Crippen molar-refractivity contribution in [1.29, 1.82) is 0 Å². The van der Waals surface area contributed by atoms with Gasteiger partial charge in [-0.25, -0.2) is 9.59 Å². The van der Waals surface area contributed by atoms with Crippen molar-refractivity contribution in [3.05, 3.63) is 32.2 Å². The number of hydrogen-bond donors (Lipinski definition) is 1. The van der Waals surface area contributed by atoms with Gasteiger partial charge in [-0.1, -0.05) is 20.8 Å². The third-order valence-corrected chi connectivity index (χ3v) is 4.76. The van der Waals surface area contributed by atoms with E-state index in [1.54, 1.807) is 0 Å². The summed E-state index contributed by atoms with van der Waals surface area (Å²) in [4.78, 5) is 23.4. The minimum absolute atomic E-state index is 0.0478. The van der Waals surface area contributed by atoms with Crippen molar-refractivity contribution in [3.8, 4) is 0 Å². The fourth-order valence-electron chi connectivity index (χ4n) is 1.78. The molecule has 0 saturated carbocycles. The van der Waals surface area contributed by atoms with Crippen LogP contribution in [-0.2, 0) is 4.74 Å². The number of carbonyl (C=O) groups is 2. The highest BCUT2D eigenvalue weighted by Crippen LogP contribution is 2.28. The number of esters is 1. The molecule has 20 heavy (non-hydrogen) atoms. The van der Waals surface area contributed by atoms with E-state index in [0.29, 0.717) is 15.4 Å². The molecular weight excluding hydrogens is 392 g/mol. The monoisotopic (exact) mass is 406 g/mol. The van der Waals surface area contributed by atoms with Gasteiger partial charge < -0.3 is 9.84 Å². The Labute approximate surface area is 134 Å². The van der Waals surface area contributed by atoms with E-state index in [9.17, 15) is 14.7 Å². The van der Waals surface area contributed by atoms with E-state index in [-0.39, 0.29) is 23.1 Å². The molecule has 0 aromatic heterocycles. The number of carboxylic acid groups (broad SMARTS) is 1. The number of aromatic carboxylic acids is 1. The summed E-state index contributed by atoms with van der Waals surface area (Å²) >= 11 is 6.49. The van der Waals surface area contributed by atoms with Crippen molar-refractivity contribution >= 4 is 43.8 Å². The lowest BCUT2D eigenvalue weighted by Crippen LogP contribution is -2.24. The topological polar surface area (TPSA) is 63.6 Å². The Hall–Kier alpha value is -0.880. The summed E-state index contributed by atoms with van der Waals surface area (Å²) in [6.07, 6.45) is 0.454. The molecular formula is C14H16Br2O4. The Kier molecular flexibility index (Phi) is 6.20. The number of halogens is 2. The second-order valence-corrected chi connectivity index (χ2v) is 6.42. The zero-order valence-electron chi connectivity index (χ0n) is 11.4. The fraction of sp³-hybridized carbons (Fsp3) is 0.429. The molecule has 1 atom stereocenters. The predicted molar refractivity (Wildman–Crippen MR) is 83.1 cm³/mol. The van der Waals surface area contributed by atoms with Crippen LogP contribution in [0.25, 0.3) is 0 Å². The molecule has 1 aromatic rings. The van der Waals surface area contributed by atoms with Gasteiger partial charge in [0.05, 0.1) is 11.1 Å². The molecule has 0 radical (unpaired) electrons. The van der Waals surface area contributed by atoms with E-state index >= 15 is 0 Å². The molecule has 0 aliphatic heterocycles. The molecule has 1 unspecified atom stereocenters. The fourth-order valence-corrected chi connectivity index (χ4v) is 2.47. The van der Waals surface area contributed by atoms with Gasteiger partial charge in [-0.15, -0.1) is 0 Å². The van der Waals surface area contributed by atoms with Gasteiger partial charge in [0.15, 0.2) is 0 Å². The second-order valence-electron chi connectivity index (χ2n) is 4.71. The van der Waals surface area contributed by atoms with Crippen LogP contribution in [-0.4, -0.2) is 23.1 Å². The van der Waals surface area contributed by atoms with E-state index in [2.05, 4.69) is 31.9 Å². The summed E-state index contributed by atoms with van der Waals surface area (Å²) < 4.78 is 6.57. The van der Waals surface area contributed by atoms with Crippen LogP contribution < -0.4 is 0 Å². The normalized spacial score (nSPS) is 12.3. The molecule has 4 nitrogen and oxygen atoms in total. The largest absolute Gasteiger partial charge is 0.478 e. The Morgan fingerprint density at radius 3 is 2.10 bits per heavy atom. The first kappa shape index (κ1) is 17.2. The van der Waals surface area contributed by atoms with Gasteiger partial charge in [0.25, 0.3) is 0 Å². The van der Waals surface area contributed by atoms with Gasteiger partial charge in [-0.05, 0) is 56.3 Å². The third kappa shape index (κ3) is 4.06. The van der Waals surface area contributed by atoms with Gasteiger partial charge in [0.2, 0.25) is 0 Å². The lowest BCUT2D eigenvalue weighted by Gasteiger charge is -2.20. The van der Waals surface area contributed by atoms with Crippen LogP contribution >= 0.6 is 31.9 Å². The number of carboxylic acids is 1. The second kappa shape index (κ2) is 7.22. The standard InChI is InChI=1S/C14H16Br2O4/c1-4-12(7(2)3)20-14(19)9-6-11(16)10(15)5-8(9)13(17)18/h5-7,12H,4H2,1-3H3,(H,17,18). The minimum atomic E-state index is -1.16. The van der Waals surface area contributed by atoms with Crippen molar-refractivity contribution in [2.75, 3.05) is 0 Å². The first-order chi connectivity index (χ1) is 9.27. The lowest BCUT2D eigenvalue weighted by atomic mass is 10.0. The number of hydrogen-bond acceptors (Lipinski definition) is 3. The molecule has 110 valence electrons. The highest BCUT2D eigenvalue weighted by molar-refractivity contribution is 9.13. The van der Waals surface area contributed by atoms with E-state index in [1.165, 1.54) is 12.1 Å². The summed E-state index contributed by atoms with van der Waals surface area (Å²) in [6, 6.07) is 2.85. The molecule has 1 N–H and O–H groups in total. The molecule has 0 aliphatic carbocycles. The average molecular weight is 408 g/mol. The highest BCUT2D eigenvalue weighted by atomic mass is 79.9. The smallest absolute Gasteiger partial charge is 0.339 e. The number of ether oxygens (including phenoxy) is 1. The molecule has 0 spiro atoms. The van der Waals surface area contributed by atoms with Gasteiger partial charge in [0, 0.05) is 8.95 Å². The summed E-state index contributed by atoms with van der Waals surface area (Å²) in [5.41, 5.74) is -0.0321. The number of rotatable bonds is 5. The van der Waals surface area contributed by atoms with Crippen molar-refractivity contribution in [2.24, 2.45) is 5.92 Å². The summed E-state index contributed by atoms with van der Waals surface area (Å²) in [5.74, 6) is -1.60. The molecule has 0 fully saturated rings. The zero-order chi connectivity index (χ0) is 15.4.